The Balaban J connectivity index is 1.82. The van der Waals surface area contributed by atoms with Crippen LogP contribution in [0.3, 0.4) is 0 Å². The van der Waals surface area contributed by atoms with E-state index in [1.807, 2.05) is 19.1 Å². The van der Waals surface area contributed by atoms with Gasteiger partial charge in [-0.15, -0.1) is 0 Å². The van der Waals surface area contributed by atoms with E-state index in [0.717, 1.165) is 11.1 Å². The first-order valence-corrected chi connectivity index (χ1v) is 9.37. The van der Waals surface area contributed by atoms with Crippen molar-refractivity contribution in [2.75, 3.05) is 0 Å². The van der Waals surface area contributed by atoms with Crippen LogP contribution in [0, 0.1) is 12.7 Å². The molecule has 0 spiro atoms. The van der Waals surface area contributed by atoms with Crippen LogP contribution < -0.4 is 10.9 Å². The Morgan fingerprint density at radius 3 is 2.59 bits per heavy atom. The van der Waals surface area contributed by atoms with Gasteiger partial charge in [-0.25, -0.2) is 9.38 Å². The number of benzene rings is 2. The zero-order valence-electron chi connectivity index (χ0n) is 15.7. The van der Waals surface area contributed by atoms with Gasteiger partial charge in [0.1, 0.15) is 17.5 Å². The van der Waals surface area contributed by atoms with E-state index in [4.69, 9.17) is 11.6 Å². The Morgan fingerprint density at radius 2 is 1.90 bits per heavy atom. The molecule has 0 saturated carbocycles. The van der Waals surface area contributed by atoms with Crippen LogP contribution in [0.2, 0.25) is 5.02 Å². The van der Waals surface area contributed by atoms with Crippen molar-refractivity contribution in [1.29, 1.82) is 0 Å². The number of hydrogen-bond acceptors (Lipinski definition) is 3. The molecule has 1 aromatic heterocycles. The number of carbonyl (C=O) groups is 1. The minimum Gasteiger partial charge on any atom is -0.310 e. The molecule has 1 amide bonds. The van der Waals surface area contributed by atoms with Crippen molar-refractivity contribution in [2.45, 2.75) is 19.8 Å². The van der Waals surface area contributed by atoms with Gasteiger partial charge in [-0.2, -0.15) is 0 Å². The third kappa shape index (κ3) is 5.86. The summed E-state index contributed by atoms with van der Waals surface area (Å²) in [7, 11) is 0. The minimum absolute atomic E-state index is 0.0390. The molecule has 2 aromatic carbocycles. The number of H-pyrrole nitrogens is 1. The largest absolute Gasteiger partial charge is 0.310 e. The third-order valence-electron chi connectivity index (χ3n) is 4.21. The van der Waals surface area contributed by atoms with E-state index >= 15 is 0 Å². The van der Waals surface area contributed by atoms with Gasteiger partial charge in [-0.3, -0.25) is 9.59 Å². The van der Waals surface area contributed by atoms with E-state index in [-0.39, 0.29) is 16.5 Å². The smallest absolute Gasteiger partial charge is 0.256 e. The second-order valence-corrected chi connectivity index (χ2v) is 6.93. The maximum absolute atomic E-state index is 13.4. The predicted molar refractivity (Wildman–Crippen MR) is 113 cm³/mol. The fourth-order valence-electron chi connectivity index (χ4n) is 2.66. The summed E-state index contributed by atoms with van der Waals surface area (Å²) in [6.45, 7) is 1.94. The van der Waals surface area contributed by atoms with Gasteiger partial charge < -0.3 is 10.3 Å². The lowest BCUT2D eigenvalue weighted by Gasteiger charge is -2.10. The molecular weight excluding hydrogens is 393 g/mol. The lowest BCUT2D eigenvalue weighted by atomic mass is 10.1. The molecule has 0 saturated heterocycles. The first-order chi connectivity index (χ1) is 13.9. The molecule has 3 aromatic rings. The molecule has 0 atom stereocenters. The molecular formula is C22H19ClFN3O2. The van der Waals surface area contributed by atoms with Crippen molar-refractivity contribution < 1.29 is 9.18 Å². The molecule has 5 nitrogen and oxygen atoms in total. The van der Waals surface area contributed by atoms with E-state index in [2.05, 4.69) is 15.3 Å². The van der Waals surface area contributed by atoms with E-state index in [1.165, 1.54) is 12.1 Å². The van der Waals surface area contributed by atoms with Crippen LogP contribution in [-0.4, -0.2) is 16.7 Å². The highest BCUT2D eigenvalue weighted by Gasteiger charge is 2.11. The maximum atomic E-state index is 13.4. The van der Waals surface area contributed by atoms with E-state index < -0.39 is 5.82 Å². The lowest BCUT2D eigenvalue weighted by Crippen LogP contribution is -2.31. The molecule has 0 unspecified atom stereocenters. The summed E-state index contributed by atoms with van der Waals surface area (Å²) < 4.78 is 13.4. The molecule has 0 aliphatic carbocycles. The number of amidine groups is 1. The molecule has 0 radical (unpaired) electrons. The van der Waals surface area contributed by atoms with Gasteiger partial charge in [-0.1, -0.05) is 41.4 Å². The van der Waals surface area contributed by atoms with Crippen molar-refractivity contribution in [2.24, 2.45) is 4.99 Å². The Morgan fingerprint density at radius 1 is 1.14 bits per heavy atom. The number of nitrogens with one attached hydrogen (secondary N) is 2. The topological polar surface area (TPSA) is 74.3 Å². The Labute approximate surface area is 172 Å². The third-order valence-corrected chi connectivity index (χ3v) is 4.50. The predicted octanol–water partition coefficient (Wildman–Crippen LogP) is 4.57. The second kappa shape index (κ2) is 9.30. The maximum Gasteiger partial charge on any atom is 0.256 e. The molecule has 1 heterocycles. The highest BCUT2D eigenvalue weighted by Crippen LogP contribution is 2.17. The summed E-state index contributed by atoms with van der Waals surface area (Å²) in [6, 6.07) is 16.2. The summed E-state index contributed by atoms with van der Waals surface area (Å²) in [5, 5.41) is 2.84. The fraction of sp³-hybridized carbons (Fsp3) is 0.136. The van der Waals surface area contributed by atoms with Gasteiger partial charge in [0, 0.05) is 18.1 Å². The molecule has 0 bridgehead atoms. The molecule has 29 heavy (non-hydrogen) atoms. The van der Waals surface area contributed by atoms with Gasteiger partial charge in [0.25, 0.3) is 5.91 Å². The normalized spacial score (nSPS) is 11.3. The van der Waals surface area contributed by atoms with E-state index in [9.17, 15) is 14.0 Å². The van der Waals surface area contributed by atoms with Gasteiger partial charge in [0.2, 0.25) is 5.56 Å². The number of aromatic nitrogens is 1. The van der Waals surface area contributed by atoms with Crippen molar-refractivity contribution in [3.05, 3.63) is 98.5 Å². The Hall–Kier alpha value is -3.25. The number of aliphatic imine (C=N–C) groups is 1. The van der Waals surface area contributed by atoms with E-state index in [1.54, 1.807) is 36.4 Å². The summed E-state index contributed by atoms with van der Waals surface area (Å²) in [6.07, 6.45) is 0.834. The second-order valence-electron chi connectivity index (χ2n) is 6.53. The average Bonchev–Trinajstić information content (AvgIpc) is 2.69. The molecule has 148 valence electrons. The summed E-state index contributed by atoms with van der Waals surface area (Å²) in [5.74, 6) is -0.0928. The number of halogens is 2. The zero-order chi connectivity index (χ0) is 20.8. The Kier molecular flexibility index (Phi) is 6.57. The minimum atomic E-state index is -0.487. The summed E-state index contributed by atoms with van der Waals surface area (Å²) in [4.78, 5) is 31.1. The molecule has 0 aliphatic rings. The van der Waals surface area contributed by atoms with Crippen molar-refractivity contribution >= 4 is 29.2 Å². The number of aromatic amines is 1. The monoisotopic (exact) mass is 411 g/mol. The fourth-order valence-corrected chi connectivity index (χ4v) is 2.86. The first-order valence-electron chi connectivity index (χ1n) is 8.99. The number of rotatable bonds is 5. The molecule has 0 fully saturated rings. The number of carbonyl (C=O) groups excluding carboxylic acids is 1. The van der Waals surface area contributed by atoms with Crippen LogP contribution in [0.5, 0.6) is 0 Å². The van der Waals surface area contributed by atoms with Crippen LogP contribution >= 0.6 is 11.6 Å². The summed E-state index contributed by atoms with van der Waals surface area (Å²) in [5.41, 5.74) is 2.05. The van der Waals surface area contributed by atoms with Crippen LogP contribution in [0.1, 0.15) is 27.9 Å². The van der Waals surface area contributed by atoms with Gasteiger partial charge in [0.15, 0.2) is 0 Å². The quantitative estimate of drug-likeness (QED) is 0.476. The van der Waals surface area contributed by atoms with Crippen LogP contribution in [-0.2, 0) is 6.42 Å². The van der Waals surface area contributed by atoms with Crippen molar-refractivity contribution in [3.8, 4) is 0 Å². The molecule has 3 rings (SSSR count). The number of hydrogen-bond donors (Lipinski definition) is 2. The number of amides is 1. The summed E-state index contributed by atoms with van der Waals surface area (Å²) >= 11 is 5.84. The van der Waals surface area contributed by atoms with Gasteiger partial charge >= 0.3 is 0 Å². The van der Waals surface area contributed by atoms with Crippen molar-refractivity contribution in [3.63, 3.8) is 0 Å². The zero-order valence-corrected chi connectivity index (χ0v) is 16.5. The SMILES string of the molecule is Cc1ccc(C(=O)NC(CCc2ccc(F)c(Cl)c2)=Nc2cccc(=O)[nH]2)cc1. The first kappa shape index (κ1) is 20.5. The Bertz CT molecular complexity index is 1110. The highest BCUT2D eigenvalue weighted by molar-refractivity contribution is 6.30. The lowest BCUT2D eigenvalue weighted by molar-refractivity contribution is 0.0976. The van der Waals surface area contributed by atoms with E-state index in [0.29, 0.717) is 30.1 Å². The highest BCUT2D eigenvalue weighted by atomic mass is 35.5. The number of nitrogens with zero attached hydrogens (tertiary/aromatic N) is 1. The van der Waals surface area contributed by atoms with Gasteiger partial charge in [0.05, 0.1) is 5.02 Å². The van der Waals surface area contributed by atoms with Gasteiger partial charge in [-0.05, 0) is 49.2 Å². The van der Waals surface area contributed by atoms with Crippen molar-refractivity contribution in [1.82, 2.24) is 10.3 Å². The van der Waals surface area contributed by atoms with Crippen LogP contribution in [0.4, 0.5) is 10.2 Å². The standard InChI is InChI=1S/C22H19ClFN3O2/c1-14-5-9-16(10-6-14)22(29)27-20(25-19-3-2-4-21(28)26-19)12-8-15-7-11-18(24)17(23)13-15/h2-7,9-11,13H,8,12H2,1H3,(H2,25,26,27,28,29). The average molecular weight is 412 g/mol. The number of pyridine rings is 1. The van der Waals surface area contributed by atoms with Crippen LogP contribution in [0.25, 0.3) is 0 Å². The molecule has 7 heteroatoms. The number of aryl methyl sites for hydroxylation is 2. The molecule has 2 N–H and O–H groups in total. The van der Waals surface area contributed by atoms with Crippen LogP contribution in [0.15, 0.2) is 70.5 Å². The molecule has 0 aliphatic heterocycles.